The number of aromatic nitrogens is 1. The first-order chi connectivity index (χ1) is 15.1. The Morgan fingerprint density at radius 3 is 2.39 bits per heavy atom. The number of ether oxygens (including phenoxy) is 1. The summed E-state index contributed by atoms with van der Waals surface area (Å²) in [6.07, 6.45) is 4.38. The highest BCUT2D eigenvalue weighted by molar-refractivity contribution is 7.98. The molecule has 1 N–H and O–H groups in total. The van der Waals surface area contributed by atoms with Gasteiger partial charge in [0.05, 0.1) is 28.6 Å². The molecule has 0 saturated heterocycles. The number of hydrogen-bond donors (Lipinski definition) is 1. The third-order valence-corrected chi connectivity index (χ3v) is 6.53. The highest BCUT2D eigenvalue weighted by Crippen LogP contribution is 2.36. The van der Waals surface area contributed by atoms with Crippen molar-refractivity contribution >= 4 is 46.5 Å². The van der Waals surface area contributed by atoms with E-state index >= 15 is 0 Å². The summed E-state index contributed by atoms with van der Waals surface area (Å²) in [5.41, 5.74) is 2.83. The predicted molar refractivity (Wildman–Crippen MR) is 127 cm³/mol. The van der Waals surface area contributed by atoms with Crippen molar-refractivity contribution in [3.63, 3.8) is 0 Å². The van der Waals surface area contributed by atoms with Gasteiger partial charge in [0.25, 0.3) is 0 Å². The molecular weight excluding hydrogens is 453 g/mol. The summed E-state index contributed by atoms with van der Waals surface area (Å²) in [6, 6.07) is 18.8. The van der Waals surface area contributed by atoms with Gasteiger partial charge >= 0.3 is 5.97 Å². The first-order valence-corrected chi connectivity index (χ1v) is 11.4. The van der Waals surface area contributed by atoms with Crippen molar-refractivity contribution in [2.75, 3.05) is 6.61 Å². The molecule has 4 nitrogen and oxygen atoms in total. The van der Waals surface area contributed by atoms with E-state index in [0.717, 1.165) is 23.5 Å². The van der Waals surface area contributed by atoms with Gasteiger partial charge in [0.15, 0.2) is 0 Å². The fourth-order valence-corrected chi connectivity index (χ4v) is 4.66. The number of carboxylic acid groups (broad SMARTS) is 1. The van der Waals surface area contributed by atoms with Gasteiger partial charge in [0.1, 0.15) is 5.57 Å². The standard InChI is InChI=1S/C24H21Cl2NO3S/c25-20-10-5-11-21(26)23(20)31-16-18-8-2-1-7-17(18)9-6-14-30-15-19(24(28)29)22-12-3-4-13-27-22/h1-5,7-8,10-13,15H,6,9,14,16H2,(H,28,29)/b19-15+. The lowest BCUT2D eigenvalue weighted by atomic mass is 10.0. The highest BCUT2D eigenvalue weighted by Gasteiger charge is 2.12. The number of pyridine rings is 1. The van der Waals surface area contributed by atoms with E-state index in [1.807, 2.05) is 30.3 Å². The number of carboxylic acids is 1. The molecule has 0 unspecified atom stereocenters. The zero-order valence-corrected chi connectivity index (χ0v) is 19.0. The average molecular weight is 474 g/mol. The van der Waals surface area contributed by atoms with E-state index in [9.17, 15) is 9.90 Å². The van der Waals surface area contributed by atoms with Crippen LogP contribution in [-0.4, -0.2) is 22.7 Å². The van der Waals surface area contributed by atoms with Crippen LogP contribution in [0.1, 0.15) is 23.2 Å². The first kappa shape index (κ1) is 23.2. The summed E-state index contributed by atoms with van der Waals surface area (Å²) in [7, 11) is 0. The summed E-state index contributed by atoms with van der Waals surface area (Å²) in [6.45, 7) is 0.404. The Hall–Kier alpha value is -2.47. The molecule has 0 bridgehead atoms. The molecule has 0 fully saturated rings. The van der Waals surface area contributed by atoms with E-state index in [2.05, 4.69) is 17.1 Å². The number of rotatable bonds is 10. The van der Waals surface area contributed by atoms with E-state index in [1.54, 1.807) is 36.2 Å². The molecule has 3 aromatic rings. The van der Waals surface area contributed by atoms with Crippen molar-refractivity contribution in [2.45, 2.75) is 23.5 Å². The minimum absolute atomic E-state index is 0.0361. The van der Waals surface area contributed by atoms with Crippen LogP contribution in [0.5, 0.6) is 0 Å². The smallest absolute Gasteiger partial charge is 0.341 e. The maximum Gasteiger partial charge on any atom is 0.341 e. The fourth-order valence-electron chi connectivity index (χ4n) is 2.94. The zero-order chi connectivity index (χ0) is 22.1. The minimum atomic E-state index is -1.07. The van der Waals surface area contributed by atoms with Crippen LogP contribution in [0.2, 0.25) is 10.0 Å². The van der Waals surface area contributed by atoms with E-state index in [0.29, 0.717) is 22.3 Å². The molecule has 0 aliphatic heterocycles. The van der Waals surface area contributed by atoms with Gasteiger partial charge in [-0.15, -0.1) is 11.8 Å². The summed E-state index contributed by atoms with van der Waals surface area (Å²) < 4.78 is 5.51. The summed E-state index contributed by atoms with van der Waals surface area (Å²) >= 11 is 14.2. The highest BCUT2D eigenvalue weighted by atomic mass is 35.5. The molecule has 2 aromatic carbocycles. The van der Waals surface area contributed by atoms with Crippen LogP contribution in [0, 0.1) is 0 Å². The lowest BCUT2D eigenvalue weighted by molar-refractivity contribution is -0.130. The topological polar surface area (TPSA) is 59.4 Å². The molecule has 7 heteroatoms. The Morgan fingerprint density at radius 1 is 1.00 bits per heavy atom. The number of thioether (sulfide) groups is 1. The fraction of sp³-hybridized carbons (Fsp3) is 0.167. The Kier molecular flexibility index (Phi) is 8.83. The number of aryl methyl sites for hydroxylation is 1. The molecule has 1 aromatic heterocycles. The molecule has 0 saturated carbocycles. The molecule has 0 aliphatic carbocycles. The van der Waals surface area contributed by atoms with E-state index < -0.39 is 5.97 Å². The maximum atomic E-state index is 11.5. The van der Waals surface area contributed by atoms with Gasteiger partial charge < -0.3 is 9.84 Å². The third-order valence-electron chi connectivity index (χ3n) is 4.49. The second-order valence-corrected chi connectivity index (χ2v) is 8.43. The van der Waals surface area contributed by atoms with Crippen LogP contribution in [0.4, 0.5) is 0 Å². The van der Waals surface area contributed by atoms with Crippen LogP contribution < -0.4 is 0 Å². The van der Waals surface area contributed by atoms with Gasteiger partial charge in [-0.05, 0) is 48.2 Å². The Labute approximate surface area is 195 Å². The molecular formula is C24H21Cl2NO3S. The maximum absolute atomic E-state index is 11.5. The Balaban J connectivity index is 1.56. The molecule has 0 radical (unpaired) electrons. The van der Waals surface area contributed by atoms with Gasteiger partial charge in [0, 0.05) is 16.8 Å². The molecule has 1 heterocycles. The van der Waals surface area contributed by atoms with Crippen LogP contribution in [0.25, 0.3) is 5.57 Å². The van der Waals surface area contributed by atoms with Gasteiger partial charge in [0.2, 0.25) is 0 Å². The Bertz CT molecular complexity index is 1040. The van der Waals surface area contributed by atoms with Crippen molar-refractivity contribution in [2.24, 2.45) is 0 Å². The van der Waals surface area contributed by atoms with Gasteiger partial charge in [-0.2, -0.15) is 0 Å². The second-order valence-electron chi connectivity index (χ2n) is 6.63. The van der Waals surface area contributed by atoms with E-state index in [1.165, 1.54) is 17.4 Å². The van der Waals surface area contributed by atoms with Crippen LogP contribution in [-0.2, 0) is 21.7 Å². The summed E-state index contributed by atoms with van der Waals surface area (Å²) in [5, 5.41) is 10.7. The Morgan fingerprint density at radius 2 is 1.71 bits per heavy atom. The van der Waals surface area contributed by atoms with Crippen molar-refractivity contribution in [1.29, 1.82) is 0 Å². The number of nitrogens with zero attached hydrogens (tertiary/aromatic N) is 1. The van der Waals surface area contributed by atoms with E-state index in [-0.39, 0.29) is 5.57 Å². The van der Waals surface area contributed by atoms with Crippen molar-refractivity contribution < 1.29 is 14.6 Å². The van der Waals surface area contributed by atoms with Crippen molar-refractivity contribution in [1.82, 2.24) is 4.98 Å². The molecule has 0 atom stereocenters. The first-order valence-electron chi connectivity index (χ1n) is 9.66. The quantitative estimate of drug-likeness (QED) is 0.152. The van der Waals surface area contributed by atoms with E-state index in [4.69, 9.17) is 27.9 Å². The SMILES string of the molecule is O=C(O)/C(=C/OCCCc1ccccc1CSc1c(Cl)cccc1Cl)c1ccccn1. The van der Waals surface area contributed by atoms with Crippen molar-refractivity contribution in [3.8, 4) is 0 Å². The normalized spacial score (nSPS) is 11.4. The molecule has 0 amide bonds. The van der Waals surface area contributed by atoms with Crippen LogP contribution >= 0.6 is 35.0 Å². The van der Waals surface area contributed by atoms with Crippen LogP contribution in [0.15, 0.2) is 78.0 Å². The largest absolute Gasteiger partial charge is 0.500 e. The van der Waals surface area contributed by atoms with Crippen molar-refractivity contribution in [3.05, 3.63) is 100.0 Å². The molecule has 3 rings (SSSR count). The minimum Gasteiger partial charge on any atom is -0.500 e. The predicted octanol–water partition coefficient (Wildman–Crippen LogP) is 6.76. The summed E-state index contributed by atoms with van der Waals surface area (Å²) in [5.74, 6) is -0.317. The monoisotopic (exact) mass is 473 g/mol. The van der Waals surface area contributed by atoms with Gasteiger partial charge in [-0.25, -0.2) is 4.79 Å². The lowest BCUT2D eigenvalue weighted by Crippen LogP contribution is -2.03. The molecule has 0 aliphatic rings. The molecule has 0 spiro atoms. The van der Waals surface area contributed by atoms with Crippen LogP contribution in [0.3, 0.4) is 0 Å². The number of aliphatic carboxylic acids is 1. The third kappa shape index (κ3) is 6.76. The number of carbonyl (C=O) groups is 1. The molecule has 160 valence electrons. The zero-order valence-electron chi connectivity index (χ0n) is 16.6. The number of halogens is 2. The average Bonchev–Trinajstić information content (AvgIpc) is 2.77. The number of hydrogen-bond acceptors (Lipinski definition) is 4. The summed E-state index contributed by atoms with van der Waals surface area (Å²) in [4.78, 5) is 16.4. The number of benzene rings is 2. The second kappa shape index (κ2) is 11.8. The molecule has 31 heavy (non-hydrogen) atoms. The lowest BCUT2D eigenvalue weighted by Gasteiger charge is -2.11. The van der Waals surface area contributed by atoms with Gasteiger partial charge in [-0.3, -0.25) is 4.98 Å². The van der Waals surface area contributed by atoms with Gasteiger partial charge in [-0.1, -0.05) is 59.6 Å².